The van der Waals surface area contributed by atoms with Crippen molar-refractivity contribution < 1.29 is 19.9 Å². The highest BCUT2D eigenvalue weighted by Crippen LogP contribution is 2.22. The minimum absolute atomic E-state index is 0.114. The topological polar surface area (TPSA) is 113 Å². The second-order valence-electron chi connectivity index (χ2n) is 4.00. The Kier molecular flexibility index (Phi) is 5.74. The van der Waals surface area contributed by atoms with Crippen molar-refractivity contribution >= 4 is 17.3 Å². The highest BCUT2D eigenvalue weighted by atomic mass is 16.6. The number of benzene rings is 1. The number of carbonyl (C=O) groups is 1. The summed E-state index contributed by atoms with van der Waals surface area (Å²) in [6.07, 6.45) is 2.32. The summed E-state index contributed by atoms with van der Waals surface area (Å²) >= 11 is 0. The van der Waals surface area contributed by atoms with E-state index in [1.165, 1.54) is 12.1 Å². The van der Waals surface area contributed by atoms with Gasteiger partial charge in [-0.05, 0) is 25.3 Å². The Hall–Kier alpha value is -2.15. The first-order valence-corrected chi connectivity index (χ1v) is 5.92. The Bertz CT molecular complexity index is 461. The van der Waals surface area contributed by atoms with Crippen LogP contribution in [0.3, 0.4) is 0 Å². The van der Waals surface area contributed by atoms with Crippen LogP contribution in [0.2, 0.25) is 0 Å². The lowest BCUT2D eigenvalue weighted by Gasteiger charge is -2.09. The molecule has 0 bridgehead atoms. The van der Waals surface area contributed by atoms with Crippen LogP contribution in [0, 0.1) is 10.1 Å². The van der Waals surface area contributed by atoms with Gasteiger partial charge in [0.25, 0.3) is 5.69 Å². The molecule has 1 rings (SSSR count). The number of nitro benzene ring substituents is 1. The monoisotopic (exact) mass is 268 g/mol. The van der Waals surface area contributed by atoms with Crippen LogP contribution in [0.25, 0.3) is 0 Å². The van der Waals surface area contributed by atoms with Gasteiger partial charge in [0.15, 0.2) is 0 Å². The third kappa shape index (κ3) is 4.55. The molecule has 0 atom stereocenters. The van der Waals surface area contributed by atoms with E-state index in [0.717, 1.165) is 18.9 Å². The van der Waals surface area contributed by atoms with E-state index in [1.807, 2.05) is 0 Å². The number of anilines is 1. The summed E-state index contributed by atoms with van der Waals surface area (Å²) < 4.78 is 0. The molecule has 1 aromatic rings. The zero-order chi connectivity index (χ0) is 14.3. The second kappa shape index (κ2) is 7.32. The fourth-order valence-corrected chi connectivity index (χ4v) is 1.61. The van der Waals surface area contributed by atoms with E-state index in [9.17, 15) is 14.9 Å². The number of non-ortho nitro benzene ring substituents is 1. The Balaban J connectivity index is 2.71. The van der Waals surface area contributed by atoms with Crippen LogP contribution in [-0.2, 0) is 0 Å². The number of carboxylic acid groups (broad SMARTS) is 1. The first kappa shape index (κ1) is 14.9. The fourth-order valence-electron chi connectivity index (χ4n) is 1.61. The molecule has 0 heterocycles. The summed E-state index contributed by atoms with van der Waals surface area (Å²) in [7, 11) is 0. The molecular weight excluding hydrogens is 252 g/mol. The zero-order valence-electron chi connectivity index (χ0n) is 10.3. The average molecular weight is 268 g/mol. The van der Waals surface area contributed by atoms with Crippen molar-refractivity contribution in [3.63, 3.8) is 0 Å². The van der Waals surface area contributed by atoms with Crippen LogP contribution in [0.15, 0.2) is 18.2 Å². The predicted molar refractivity (Wildman–Crippen MR) is 69.5 cm³/mol. The number of hydrogen-bond acceptors (Lipinski definition) is 5. The minimum Gasteiger partial charge on any atom is -0.478 e. The van der Waals surface area contributed by atoms with Crippen molar-refractivity contribution in [2.45, 2.75) is 19.3 Å². The molecule has 0 fully saturated rings. The van der Waals surface area contributed by atoms with Crippen molar-refractivity contribution in [1.29, 1.82) is 0 Å². The molecule has 1 aromatic carbocycles. The van der Waals surface area contributed by atoms with Crippen LogP contribution in [0.1, 0.15) is 29.6 Å². The van der Waals surface area contributed by atoms with Crippen molar-refractivity contribution in [2.24, 2.45) is 0 Å². The Labute approximate surface area is 110 Å². The molecule has 104 valence electrons. The van der Waals surface area contributed by atoms with Gasteiger partial charge < -0.3 is 15.5 Å². The largest absolute Gasteiger partial charge is 0.478 e. The maximum Gasteiger partial charge on any atom is 0.338 e. The summed E-state index contributed by atoms with van der Waals surface area (Å²) in [4.78, 5) is 21.0. The molecule has 0 unspecified atom stereocenters. The van der Waals surface area contributed by atoms with Gasteiger partial charge in [-0.2, -0.15) is 0 Å². The fraction of sp³-hybridized carbons (Fsp3) is 0.417. The van der Waals surface area contributed by atoms with Crippen LogP contribution in [0.4, 0.5) is 11.4 Å². The Morgan fingerprint density at radius 1 is 1.32 bits per heavy atom. The van der Waals surface area contributed by atoms with Crippen molar-refractivity contribution in [3.8, 4) is 0 Å². The first-order chi connectivity index (χ1) is 9.06. The molecule has 0 aromatic heterocycles. The summed E-state index contributed by atoms with van der Waals surface area (Å²) in [6, 6.07) is 3.70. The number of unbranched alkanes of at least 4 members (excludes halogenated alkanes) is 2. The Morgan fingerprint density at radius 3 is 2.63 bits per heavy atom. The van der Waals surface area contributed by atoms with Gasteiger partial charge in [0.05, 0.1) is 10.5 Å². The van der Waals surface area contributed by atoms with Crippen LogP contribution in [-0.4, -0.2) is 34.3 Å². The number of rotatable bonds is 8. The maximum atomic E-state index is 11.0. The number of nitrogens with one attached hydrogen (secondary N) is 1. The minimum atomic E-state index is -1.21. The molecule has 7 heteroatoms. The number of carboxylic acids is 1. The number of nitrogens with zero attached hydrogens (tertiary/aromatic N) is 1. The lowest BCUT2D eigenvalue weighted by Crippen LogP contribution is -2.08. The smallest absolute Gasteiger partial charge is 0.338 e. The summed E-state index contributed by atoms with van der Waals surface area (Å²) in [5.41, 5.74) is 0.00156. The van der Waals surface area contributed by atoms with Gasteiger partial charge in [0.2, 0.25) is 0 Å². The predicted octanol–water partition coefficient (Wildman–Crippen LogP) is 1.87. The Morgan fingerprint density at radius 2 is 2.05 bits per heavy atom. The van der Waals surface area contributed by atoms with E-state index < -0.39 is 10.9 Å². The molecule has 3 N–H and O–H groups in total. The first-order valence-electron chi connectivity index (χ1n) is 5.92. The van der Waals surface area contributed by atoms with Crippen LogP contribution >= 0.6 is 0 Å². The van der Waals surface area contributed by atoms with Gasteiger partial charge >= 0.3 is 5.97 Å². The molecule has 0 spiro atoms. The second-order valence-corrected chi connectivity index (χ2v) is 4.00. The zero-order valence-corrected chi connectivity index (χ0v) is 10.3. The molecule has 0 aliphatic carbocycles. The number of aromatic carboxylic acids is 1. The molecule has 19 heavy (non-hydrogen) atoms. The van der Waals surface area contributed by atoms with Crippen molar-refractivity contribution in [3.05, 3.63) is 33.9 Å². The van der Waals surface area contributed by atoms with Crippen LogP contribution < -0.4 is 5.32 Å². The number of aliphatic hydroxyl groups is 1. The van der Waals surface area contributed by atoms with E-state index in [-0.39, 0.29) is 17.9 Å². The lowest BCUT2D eigenvalue weighted by molar-refractivity contribution is -0.384. The molecule has 0 saturated carbocycles. The summed E-state index contributed by atoms with van der Waals surface area (Å²) in [5.74, 6) is -1.21. The molecule has 0 aliphatic rings. The molecule has 7 nitrogen and oxygen atoms in total. The standard InChI is InChI=1S/C12H16N2O5/c15-7-3-1-2-6-13-11-5-4-9(14(18)19)8-10(11)12(16)17/h4-5,8,13,15H,1-3,6-7H2,(H,16,17). The van der Waals surface area contributed by atoms with Crippen molar-refractivity contribution in [2.75, 3.05) is 18.5 Å². The number of aliphatic hydroxyl groups excluding tert-OH is 1. The highest BCUT2D eigenvalue weighted by Gasteiger charge is 2.15. The normalized spacial score (nSPS) is 10.2. The van der Waals surface area contributed by atoms with Crippen LogP contribution in [0.5, 0.6) is 0 Å². The molecular formula is C12H16N2O5. The van der Waals surface area contributed by atoms with Gasteiger partial charge in [-0.15, -0.1) is 0 Å². The summed E-state index contributed by atoms with van der Waals surface area (Å²) in [6.45, 7) is 0.690. The van der Waals surface area contributed by atoms with E-state index in [1.54, 1.807) is 0 Å². The third-order valence-corrected chi connectivity index (χ3v) is 2.59. The third-order valence-electron chi connectivity index (χ3n) is 2.59. The van der Waals surface area contributed by atoms with Gasteiger partial charge in [-0.25, -0.2) is 4.79 Å². The van der Waals surface area contributed by atoms with Gasteiger partial charge in [-0.3, -0.25) is 10.1 Å². The number of nitro groups is 1. The van der Waals surface area contributed by atoms with E-state index in [2.05, 4.69) is 5.32 Å². The van der Waals surface area contributed by atoms with Crippen molar-refractivity contribution in [1.82, 2.24) is 0 Å². The van der Waals surface area contributed by atoms with E-state index >= 15 is 0 Å². The quantitative estimate of drug-likeness (QED) is 0.377. The molecule has 0 radical (unpaired) electrons. The van der Waals surface area contributed by atoms with E-state index in [4.69, 9.17) is 10.2 Å². The van der Waals surface area contributed by atoms with Gasteiger partial charge in [0.1, 0.15) is 0 Å². The summed E-state index contributed by atoms with van der Waals surface area (Å²) in [5, 5.41) is 31.2. The molecule has 0 saturated heterocycles. The molecule has 0 amide bonds. The van der Waals surface area contributed by atoms with Gasteiger partial charge in [-0.1, -0.05) is 0 Å². The molecule has 0 aliphatic heterocycles. The average Bonchev–Trinajstić information content (AvgIpc) is 2.38. The van der Waals surface area contributed by atoms with E-state index in [0.29, 0.717) is 18.7 Å². The van der Waals surface area contributed by atoms with Gasteiger partial charge in [0, 0.05) is 31.0 Å². The highest BCUT2D eigenvalue weighted by molar-refractivity contribution is 5.95. The maximum absolute atomic E-state index is 11.0. The SMILES string of the molecule is O=C(O)c1cc([N+](=O)[O-])ccc1NCCCCCO. The number of hydrogen-bond donors (Lipinski definition) is 3. The lowest BCUT2D eigenvalue weighted by atomic mass is 10.1.